The quantitative estimate of drug-likeness (QED) is 0.882. The molecular formula is C17H25NO. The molecule has 1 aliphatic carbocycles. The highest BCUT2D eigenvalue weighted by Crippen LogP contribution is 2.32. The van der Waals surface area contributed by atoms with E-state index in [1.54, 1.807) is 11.1 Å². The fraction of sp³-hybridized carbons (Fsp3) is 0.647. The molecule has 1 heterocycles. The van der Waals surface area contributed by atoms with Crippen LogP contribution in [0.1, 0.15) is 49.1 Å². The molecule has 0 spiro atoms. The van der Waals surface area contributed by atoms with Crippen molar-refractivity contribution in [3.63, 3.8) is 0 Å². The van der Waals surface area contributed by atoms with Gasteiger partial charge in [-0.1, -0.05) is 24.3 Å². The zero-order valence-corrected chi connectivity index (χ0v) is 11.7. The summed E-state index contributed by atoms with van der Waals surface area (Å²) in [5, 5.41) is 9.74. The van der Waals surface area contributed by atoms with E-state index in [9.17, 15) is 5.11 Å². The van der Waals surface area contributed by atoms with Gasteiger partial charge in [-0.25, -0.2) is 0 Å². The van der Waals surface area contributed by atoms with Gasteiger partial charge in [0.25, 0.3) is 0 Å². The monoisotopic (exact) mass is 259 g/mol. The molecular weight excluding hydrogens is 234 g/mol. The Morgan fingerprint density at radius 3 is 2.89 bits per heavy atom. The summed E-state index contributed by atoms with van der Waals surface area (Å²) in [5.74, 6) is 0.709. The first-order valence-corrected chi connectivity index (χ1v) is 7.81. The van der Waals surface area contributed by atoms with Gasteiger partial charge in [0, 0.05) is 13.1 Å². The molecule has 1 fully saturated rings. The predicted molar refractivity (Wildman–Crippen MR) is 78.4 cm³/mol. The van der Waals surface area contributed by atoms with Crippen molar-refractivity contribution >= 4 is 0 Å². The van der Waals surface area contributed by atoms with Gasteiger partial charge in [-0.2, -0.15) is 0 Å². The van der Waals surface area contributed by atoms with E-state index < -0.39 is 0 Å². The van der Waals surface area contributed by atoms with Gasteiger partial charge in [0.1, 0.15) is 0 Å². The first-order valence-electron chi connectivity index (χ1n) is 7.81. The summed E-state index contributed by atoms with van der Waals surface area (Å²) >= 11 is 0. The number of hydrogen-bond acceptors (Lipinski definition) is 2. The summed E-state index contributed by atoms with van der Waals surface area (Å²) in [5.41, 5.74) is 3.15. The SMILES string of the molecule is OC1CCCN(CC2CCCc3ccccc32)CC1. The standard InChI is InChI=1S/C17H25NO/c19-16-8-4-11-18(12-10-16)13-15-7-3-6-14-5-1-2-9-17(14)15/h1-2,5,9,15-16,19H,3-4,6-8,10-13H2. The highest BCUT2D eigenvalue weighted by atomic mass is 16.3. The van der Waals surface area contributed by atoms with Crippen molar-refractivity contribution < 1.29 is 5.11 Å². The molecule has 2 heteroatoms. The van der Waals surface area contributed by atoms with Gasteiger partial charge in [-0.05, 0) is 62.1 Å². The van der Waals surface area contributed by atoms with Crippen molar-refractivity contribution in [2.45, 2.75) is 50.5 Å². The molecule has 0 radical (unpaired) electrons. The lowest BCUT2D eigenvalue weighted by Gasteiger charge is -2.30. The number of aryl methyl sites for hydroxylation is 1. The third-order valence-corrected chi connectivity index (χ3v) is 4.76. The second-order valence-electron chi connectivity index (χ2n) is 6.17. The molecule has 1 aliphatic heterocycles. The van der Waals surface area contributed by atoms with Gasteiger partial charge in [0.05, 0.1) is 6.10 Å². The van der Waals surface area contributed by atoms with Crippen molar-refractivity contribution in [1.29, 1.82) is 0 Å². The Hall–Kier alpha value is -0.860. The largest absolute Gasteiger partial charge is 0.393 e. The van der Waals surface area contributed by atoms with E-state index in [-0.39, 0.29) is 6.10 Å². The van der Waals surface area contributed by atoms with Crippen molar-refractivity contribution in [1.82, 2.24) is 4.90 Å². The van der Waals surface area contributed by atoms with Crippen LogP contribution in [0.3, 0.4) is 0 Å². The lowest BCUT2D eigenvalue weighted by molar-refractivity contribution is 0.154. The van der Waals surface area contributed by atoms with E-state index in [2.05, 4.69) is 29.2 Å². The molecule has 3 rings (SSSR count). The molecule has 0 aromatic heterocycles. The summed E-state index contributed by atoms with van der Waals surface area (Å²) < 4.78 is 0. The van der Waals surface area contributed by atoms with E-state index in [4.69, 9.17) is 0 Å². The molecule has 2 aliphatic rings. The Labute approximate surface area is 116 Å². The molecule has 1 aromatic rings. The molecule has 0 saturated carbocycles. The van der Waals surface area contributed by atoms with E-state index in [0.29, 0.717) is 5.92 Å². The van der Waals surface area contributed by atoms with E-state index in [1.165, 1.54) is 25.8 Å². The smallest absolute Gasteiger partial charge is 0.0553 e. The van der Waals surface area contributed by atoms with Gasteiger partial charge >= 0.3 is 0 Å². The summed E-state index contributed by atoms with van der Waals surface area (Å²) in [6, 6.07) is 8.98. The van der Waals surface area contributed by atoms with Gasteiger partial charge < -0.3 is 10.0 Å². The van der Waals surface area contributed by atoms with Crippen molar-refractivity contribution in [3.8, 4) is 0 Å². The molecule has 0 amide bonds. The van der Waals surface area contributed by atoms with Crippen LogP contribution in [0.25, 0.3) is 0 Å². The average molecular weight is 259 g/mol. The fourth-order valence-electron chi connectivity index (χ4n) is 3.68. The van der Waals surface area contributed by atoms with Crippen molar-refractivity contribution in [2.75, 3.05) is 19.6 Å². The van der Waals surface area contributed by atoms with Crippen LogP contribution in [0.15, 0.2) is 24.3 Å². The maximum Gasteiger partial charge on any atom is 0.0553 e. The highest BCUT2D eigenvalue weighted by molar-refractivity contribution is 5.32. The second-order valence-corrected chi connectivity index (χ2v) is 6.17. The molecule has 104 valence electrons. The maximum absolute atomic E-state index is 9.74. The normalized spacial score (nSPS) is 28.7. The van der Waals surface area contributed by atoms with Crippen molar-refractivity contribution in [2.24, 2.45) is 0 Å². The molecule has 1 saturated heterocycles. The molecule has 2 atom stereocenters. The van der Waals surface area contributed by atoms with Crippen LogP contribution in [0.2, 0.25) is 0 Å². The van der Waals surface area contributed by atoms with Crippen LogP contribution >= 0.6 is 0 Å². The number of rotatable bonds is 2. The Kier molecular flexibility index (Phi) is 4.19. The summed E-state index contributed by atoms with van der Waals surface area (Å²) in [4.78, 5) is 2.57. The number of fused-ring (bicyclic) bond motifs is 1. The minimum Gasteiger partial charge on any atom is -0.393 e. The zero-order valence-electron chi connectivity index (χ0n) is 11.7. The number of likely N-dealkylation sites (tertiary alicyclic amines) is 1. The van der Waals surface area contributed by atoms with E-state index >= 15 is 0 Å². The molecule has 19 heavy (non-hydrogen) atoms. The molecule has 1 aromatic carbocycles. The lowest BCUT2D eigenvalue weighted by atomic mass is 9.82. The Morgan fingerprint density at radius 1 is 1.05 bits per heavy atom. The van der Waals surface area contributed by atoms with E-state index in [0.717, 1.165) is 32.4 Å². The van der Waals surface area contributed by atoms with Crippen molar-refractivity contribution in [3.05, 3.63) is 35.4 Å². The summed E-state index contributed by atoms with van der Waals surface area (Å²) in [6.07, 6.45) is 6.94. The van der Waals surface area contributed by atoms with Crippen LogP contribution < -0.4 is 0 Å². The third kappa shape index (κ3) is 3.18. The Morgan fingerprint density at radius 2 is 1.95 bits per heavy atom. The van der Waals surface area contributed by atoms with Gasteiger partial charge in [0.2, 0.25) is 0 Å². The fourth-order valence-corrected chi connectivity index (χ4v) is 3.68. The third-order valence-electron chi connectivity index (χ3n) is 4.76. The molecule has 2 unspecified atom stereocenters. The number of nitrogens with zero attached hydrogens (tertiary/aromatic N) is 1. The molecule has 1 N–H and O–H groups in total. The van der Waals surface area contributed by atoms with Crippen LogP contribution in [0.4, 0.5) is 0 Å². The number of aliphatic hydroxyl groups excluding tert-OH is 1. The zero-order chi connectivity index (χ0) is 13.1. The minimum atomic E-state index is -0.0661. The maximum atomic E-state index is 9.74. The number of hydrogen-bond donors (Lipinski definition) is 1. The predicted octanol–water partition coefficient (Wildman–Crippen LogP) is 2.95. The number of aliphatic hydroxyl groups is 1. The molecule has 2 nitrogen and oxygen atoms in total. The summed E-state index contributed by atoms with van der Waals surface area (Å²) in [6.45, 7) is 3.42. The first-order chi connectivity index (χ1) is 9.33. The Balaban J connectivity index is 1.67. The van der Waals surface area contributed by atoms with Crippen LogP contribution in [0, 0.1) is 0 Å². The number of benzene rings is 1. The topological polar surface area (TPSA) is 23.5 Å². The summed E-state index contributed by atoms with van der Waals surface area (Å²) in [7, 11) is 0. The van der Waals surface area contributed by atoms with E-state index in [1.807, 2.05) is 0 Å². The van der Waals surface area contributed by atoms with Crippen LogP contribution in [0.5, 0.6) is 0 Å². The van der Waals surface area contributed by atoms with Crippen LogP contribution in [-0.2, 0) is 6.42 Å². The first kappa shape index (κ1) is 13.1. The Bertz CT molecular complexity index is 417. The average Bonchev–Trinajstić information content (AvgIpc) is 2.64. The van der Waals surface area contributed by atoms with Crippen LogP contribution in [-0.4, -0.2) is 35.7 Å². The lowest BCUT2D eigenvalue weighted by Crippen LogP contribution is -2.31. The minimum absolute atomic E-state index is 0.0661. The highest BCUT2D eigenvalue weighted by Gasteiger charge is 2.23. The van der Waals surface area contributed by atoms with Gasteiger partial charge in [-0.15, -0.1) is 0 Å². The molecule has 0 bridgehead atoms. The second kappa shape index (κ2) is 6.06. The van der Waals surface area contributed by atoms with Gasteiger partial charge in [0.15, 0.2) is 0 Å². The van der Waals surface area contributed by atoms with Gasteiger partial charge in [-0.3, -0.25) is 0 Å².